The molecule has 1 aromatic rings. The Labute approximate surface area is 122 Å². The van der Waals surface area contributed by atoms with Crippen LogP contribution in [0.15, 0.2) is 36.4 Å². The minimum absolute atomic E-state index is 0.0307. The highest BCUT2D eigenvalue weighted by Gasteiger charge is 2.21. The summed E-state index contributed by atoms with van der Waals surface area (Å²) >= 11 is 0. The number of nitrogens with one attached hydrogen (secondary N) is 1. The first-order chi connectivity index (χ1) is 10.0. The van der Waals surface area contributed by atoms with E-state index in [1.165, 1.54) is 12.1 Å². The molecule has 0 aromatic heterocycles. The van der Waals surface area contributed by atoms with E-state index in [1.807, 2.05) is 12.2 Å². The fraction of sp³-hybridized carbons (Fsp3) is 0.400. The van der Waals surface area contributed by atoms with E-state index < -0.39 is 6.61 Å². The van der Waals surface area contributed by atoms with Gasteiger partial charge in [0.25, 0.3) is 0 Å². The maximum atomic E-state index is 12.0. The molecule has 1 aromatic carbocycles. The van der Waals surface area contributed by atoms with Crippen LogP contribution in [0, 0.1) is 5.92 Å². The van der Waals surface area contributed by atoms with E-state index in [2.05, 4.69) is 10.1 Å². The zero-order valence-corrected chi connectivity index (χ0v) is 11.5. The number of ether oxygens (including phenoxy) is 1. The van der Waals surface area contributed by atoms with Crippen molar-refractivity contribution in [3.05, 3.63) is 42.0 Å². The van der Waals surface area contributed by atoms with Gasteiger partial charge < -0.3 is 15.8 Å². The highest BCUT2D eigenvalue weighted by molar-refractivity contribution is 5.81. The molecular formula is C15H18F2N2O2. The van der Waals surface area contributed by atoms with Crippen LogP contribution in [0.2, 0.25) is 0 Å². The first-order valence-corrected chi connectivity index (χ1v) is 6.80. The highest BCUT2D eigenvalue weighted by Crippen LogP contribution is 2.17. The number of alkyl halides is 2. The number of hydrogen-bond acceptors (Lipinski definition) is 3. The van der Waals surface area contributed by atoms with E-state index in [4.69, 9.17) is 5.73 Å². The Morgan fingerprint density at radius 3 is 2.62 bits per heavy atom. The standard InChI is InChI=1S/C15H18F2N2O2/c16-15(17)21-13-5-1-10(2-6-13)7-8-19-14(20)11-3-4-12(18)9-11/h1-6,11-12,15H,7-9,18H2,(H,19,20). The number of carbonyl (C=O) groups excluding carboxylic acids is 1. The van der Waals surface area contributed by atoms with Gasteiger partial charge in [-0.1, -0.05) is 24.3 Å². The van der Waals surface area contributed by atoms with Gasteiger partial charge in [-0.2, -0.15) is 8.78 Å². The number of carbonyl (C=O) groups is 1. The van der Waals surface area contributed by atoms with Gasteiger partial charge in [-0.25, -0.2) is 0 Å². The Morgan fingerprint density at radius 2 is 2.05 bits per heavy atom. The van der Waals surface area contributed by atoms with Crippen molar-refractivity contribution in [1.29, 1.82) is 0 Å². The summed E-state index contributed by atoms with van der Waals surface area (Å²) in [4.78, 5) is 11.8. The Morgan fingerprint density at radius 1 is 1.33 bits per heavy atom. The lowest BCUT2D eigenvalue weighted by molar-refractivity contribution is -0.123. The molecule has 0 bridgehead atoms. The van der Waals surface area contributed by atoms with E-state index in [9.17, 15) is 13.6 Å². The fourth-order valence-electron chi connectivity index (χ4n) is 2.22. The first kappa shape index (κ1) is 15.4. The highest BCUT2D eigenvalue weighted by atomic mass is 19.3. The fourth-order valence-corrected chi connectivity index (χ4v) is 2.22. The van der Waals surface area contributed by atoms with Crippen molar-refractivity contribution in [1.82, 2.24) is 5.32 Å². The maximum Gasteiger partial charge on any atom is 0.387 e. The molecule has 2 atom stereocenters. The summed E-state index contributed by atoms with van der Waals surface area (Å²) in [5.41, 5.74) is 6.64. The van der Waals surface area contributed by atoms with Crippen molar-refractivity contribution in [2.75, 3.05) is 6.54 Å². The van der Waals surface area contributed by atoms with Crippen molar-refractivity contribution >= 4 is 5.91 Å². The summed E-state index contributed by atoms with van der Waals surface area (Å²) in [6, 6.07) is 6.34. The molecule has 0 heterocycles. The monoisotopic (exact) mass is 296 g/mol. The van der Waals surface area contributed by atoms with Gasteiger partial charge in [0.1, 0.15) is 5.75 Å². The smallest absolute Gasteiger partial charge is 0.387 e. The third-order valence-electron chi connectivity index (χ3n) is 3.31. The van der Waals surface area contributed by atoms with Crippen LogP contribution in [-0.4, -0.2) is 25.1 Å². The Hall–Kier alpha value is -1.95. The zero-order chi connectivity index (χ0) is 15.2. The molecule has 4 nitrogen and oxygen atoms in total. The van der Waals surface area contributed by atoms with E-state index in [1.54, 1.807) is 12.1 Å². The molecule has 21 heavy (non-hydrogen) atoms. The topological polar surface area (TPSA) is 64.4 Å². The van der Waals surface area contributed by atoms with Gasteiger partial charge in [0.05, 0.1) is 5.92 Å². The molecule has 1 amide bonds. The second-order valence-electron chi connectivity index (χ2n) is 4.95. The summed E-state index contributed by atoms with van der Waals surface area (Å²) < 4.78 is 28.3. The number of hydrogen-bond donors (Lipinski definition) is 2. The zero-order valence-electron chi connectivity index (χ0n) is 11.5. The second-order valence-corrected chi connectivity index (χ2v) is 4.95. The molecule has 1 aliphatic carbocycles. The summed E-state index contributed by atoms with van der Waals surface area (Å²) in [5.74, 6) is -0.0541. The van der Waals surface area contributed by atoms with Crippen LogP contribution in [-0.2, 0) is 11.2 Å². The molecule has 0 saturated carbocycles. The molecular weight excluding hydrogens is 278 g/mol. The molecule has 0 fully saturated rings. The van der Waals surface area contributed by atoms with Crippen molar-refractivity contribution in [2.24, 2.45) is 11.7 Å². The van der Waals surface area contributed by atoms with Crippen molar-refractivity contribution < 1.29 is 18.3 Å². The van der Waals surface area contributed by atoms with Gasteiger partial charge in [0, 0.05) is 12.6 Å². The number of rotatable bonds is 6. The largest absolute Gasteiger partial charge is 0.435 e. The molecule has 0 spiro atoms. The van der Waals surface area contributed by atoms with Gasteiger partial charge in [-0.15, -0.1) is 0 Å². The van der Waals surface area contributed by atoms with Crippen LogP contribution in [0.1, 0.15) is 12.0 Å². The van der Waals surface area contributed by atoms with Gasteiger partial charge in [-0.05, 0) is 30.5 Å². The summed E-state index contributed by atoms with van der Waals surface area (Å²) in [6.45, 7) is -2.33. The molecule has 2 rings (SSSR count). The summed E-state index contributed by atoms with van der Waals surface area (Å²) in [6.07, 6.45) is 4.94. The van der Waals surface area contributed by atoms with Gasteiger partial charge in [-0.3, -0.25) is 4.79 Å². The Bertz CT molecular complexity index is 503. The van der Waals surface area contributed by atoms with E-state index in [0.717, 1.165) is 5.56 Å². The number of halogens is 2. The predicted octanol–water partition coefficient (Wildman–Crippen LogP) is 1.85. The van der Waals surface area contributed by atoms with Crippen LogP contribution in [0.5, 0.6) is 5.75 Å². The van der Waals surface area contributed by atoms with Crippen molar-refractivity contribution in [2.45, 2.75) is 25.5 Å². The molecule has 0 radical (unpaired) electrons. The third kappa shape index (κ3) is 4.82. The quantitative estimate of drug-likeness (QED) is 0.787. The number of amides is 1. The van der Waals surface area contributed by atoms with E-state index >= 15 is 0 Å². The van der Waals surface area contributed by atoms with Gasteiger partial charge >= 0.3 is 6.61 Å². The van der Waals surface area contributed by atoms with Crippen LogP contribution < -0.4 is 15.8 Å². The molecule has 1 aliphatic rings. The first-order valence-electron chi connectivity index (χ1n) is 6.80. The summed E-state index contributed by atoms with van der Waals surface area (Å²) in [5, 5.41) is 2.84. The number of benzene rings is 1. The van der Waals surface area contributed by atoms with Crippen LogP contribution in [0.25, 0.3) is 0 Å². The second kappa shape index (κ2) is 7.17. The van der Waals surface area contributed by atoms with Gasteiger partial charge in [0.2, 0.25) is 5.91 Å². The number of nitrogens with two attached hydrogens (primary N) is 1. The minimum atomic E-state index is -2.82. The van der Waals surface area contributed by atoms with E-state index in [0.29, 0.717) is 19.4 Å². The molecule has 0 aliphatic heterocycles. The average molecular weight is 296 g/mol. The molecule has 114 valence electrons. The predicted molar refractivity (Wildman–Crippen MR) is 75.0 cm³/mol. The minimum Gasteiger partial charge on any atom is -0.435 e. The lowest BCUT2D eigenvalue weighted by Gasteiger charge is -2.10. The van der Waals surface area contributed by atoms with Crippen LogP contribution in [0.3, 0.4) is 0 Å². The normalized spacial score (nSPS) is 20.8. The molecule has 0 saturated heterocycles. The molecule has 3 N–H and O–H groups in total. The van der Waals surface area contributed by atoms with E-state index in [-0.39, 0.29) is 23.6 Å². The lowest BCUT2D eigenvalue weighted by atomic mass is 10.1. The Kier molecular flexibility index (Phi) is 5.27. The average Bonchev–Trinajstić information content (AvgIpc) is 2.87. The van der Waals surface area contributed by atoms with Crippen LogP contribution in [0.4, 0.5) is 8.78 Å². The van der Waals surface area contributed by atoms with Crippen LogP contribution >= 0.6 is 0 Å². The molecule has 2 unspecified atom stereocenters. The summed E-state index contributed by atoms with van der Waals surface area (Å²) in [7, 11) is 0. The lowest BCUT2D eigenvalue weighted by Crippen LogP contribution is -2.32. The maximum absolute atomic E-state index is 12.0. The SMILES string of the molecule is NC1C=CC(C(=O)NCCc2ccc(OC(F)F)cc2)C1. The van der Waals surface area contributed by atoms with Crippen molar-refractivity contribution in [3.8, 4) is 5.75 Å². The molecule has 6 heteroatoms. The Balaban J connectivity index is 1.73. The third-order valence-corrected chi connectivity index (χ3v) is 3.31. The van der Waals surface area contributed by atoms with Gasteiger partial charge in [0.15, 0.2) is 0 Å². The van der Waals surface area contributed by atoms with Crippen molar-refractivity contribution in [3.63, 3.8) is 0 Å².